The summed E-state index contributed by atoms with van der Waals surface area (Å²) in [5.74, 6) is -0.0109. The minimum absolute atomic E-state index is 0.00545. The Bertz CT molecular complexity index is 1010. The van der Waals surface area contributed by atoms with Crippen LogP contribution in [0.1, 0.15) is 11.1 Å². The Kier molecular flexibility index (Phi) is 3.81. The molecule has 0 aliphatic rings. The SMILES string of the molecule is Cc1ccc(-c2nc3c(O)ccc(O)c3nc2-c2ccc(C)cc2)cc1. The van der Waals surface area contributed by atoms with Crippen molar-refractivity contribution in [3.05, 3.63) is 71.8 Å². The molecular formula is C22H18N2O2. The van der Waals surface area contributed by atoms with Crippen LogP contribution in [0.4, 0.5) is 0 Å². The number of fused-ring (bicyclic) bond motifs is 1. The summed E-state index contributed by atoms with van der Waals surface area (Å²) >= 11 is 0. The summed E-state index contributed by atoms with van der Waals surface area (Å²) in [4.78, 5) is 9.32. The summed E-state index contributed by atoms with van der Waals surface area (Å²) in [5.41, 5.74) is 6.03. The first-order valence-corrected chi connectivity index (χ1v) is 8.40. The predicted octanol–water partition coefficient (Wildman–Crippen LogP) is 4.99. The Morgan fingerprint density at radius 1 is 0.538 bits per heavy atom. The Morgan fingerprint density at radius 3 is 1.23 bits per heavy atom. The summed E-state index contributed by atoms with van der Waals surface area (Å²) in [7, 11) is 0. The van der Waals surface area contributed by atoms with Gasteiger partial charge < -0.3 is 10.2 Å². The van der Waals surface area contributed by atoms with Crippen molar-refractivity contribution in [3.8, 4) is 34.0 Å². The second kappa shape index (κ2) is 6.15. The first-order chi connectivity index (χ1) is 12.5. The summed E-state index contributed by atoms with van der Waals surface area (Å²) in [6.07, 6.45) is 0. The van der Waals surface area contributed by atoms with Gasteiger partial charge in [-0.15, -0.1) is 0 Å². The summed E-state index contributed by atoms with van der Waals surface area (Å²) in [6, 6.07) is 18.9. The highest BCUT2D eigenvalue weighted by Gasteiger charge is 2.17. The van der Waals surface area contributed by atoms with Crippen LogP contribution in [0.15, 0.2) is 60.7 Å². The fraction of sp³-hybridized carbons (Fsp3) is 0.0909. The van der Waals surface area contributed by atoms with Crippen LogP contribution in [0.5, 0.6) is 11.5 Å². The van der Waals surface area contributed by atoms with E-state index in [2.05, 4.69) is 9.97 Å². The van der Waals surface area contributed by atoms with E-state index in [-0.39, 0.29) is 22.5 Å². The van der Waals surface area contributed by atoms with Crippen LogP contribution in [0.25, 0.3) is 33.5 Å². The molecule has 0 aliphatic heterocycles. The quantitative estimate of drug-likeness (QED) is 0.504. The van der Waals surface area contributed by atoms with Crippen molar-refractivity contribution in [2.45, 2.75) is 13.8 Å². The van der Waals surface area contributed by atoms with Crippen molar-refractivity contribution in [1.29, 1.82) is 0 Å². The minimum Gasteiger partial charge on any atom is -0.506 e. The van der Waals surface area contributed by atoms with Crippen molar-refractivity contribution >= 4 is 11.0 Å². The molecule has 4 heteroatoms. The Hall–Kier alpha value is -3.40. The first-order valence-electron chi connectivity index (χ1n) is 8.40. The average Bonchev–Trinajstić information content (AvgIpc) is 2.65. The van der Waals surface area contributed by atoms with Gasteiger partial charge in [-0.05, 0) is 26.0 Å². The van der Waals surface area contributed by atoms with Gasteiger partial charge in [-0.25, -0.2) is 9.97 Å². The van der Waals surface area contributed by atoms with E-state index in [1.807, 2.05) is 62.4 Å². The number of hydrogen-bond donors (Lipinski definition) is 2. The molecule has 1 heterocycles. The lowest BCUT2D eigenvalue weighted by Crippen LogP contribution is -1.96. The van der Waals surface area contributed by atoms with E-state index in [9.17, 15) is 10.2 Å². The number of aromatic hydroxyl groups is 2. The number of phenols is 2. The second-order valence-corrected chi connectivity index (χ2v) is 6.45. The molecule has 0 amide bonds. The predicted molar refractivity (Wildman–Crippen MR) is 103 cm³/mol. The van der Waals surface area contributed by atoms with E-state index < -0.39 is 0 Å². The molecule has 4 nitrogen and oxygen atoms in total. The van der Waals surface area contributed by atoms with Crippen molar-refractivity contribution in [2.75, 3.05) is 0 Å². The fourth-order valence-electron chi connectivity index (χ4n) is 2.93. The molecule has 1 aromatic heterocycles. The maximum atomic E-state index is 10.2. The molecule has 0 spiro atoms. The van der Waals surface area contributed by atoms with Crippen LogP contribution < -0.4 is 0 Å². The maximum absolute atomic E-state index is 10.2. The third kappa shape index (κ3) is 2.75. The molecule has 0 fully saturated rings. The highest BCUT2D eigenvalue weighted by Crippen LogP contribution is 2.36. The van der Waals surface area contributed by atoms with Crippen LogP contribution in [0.3, 0.4) is 0 Å². The Balaban J connectivity index is 2.06. The molecule has 0 saturated carbocycles. The van der Waals surface area contributed by atoms with Crippen molar-refractivity contribution in [1.82, 2.24) is 9.97 Å². The van der Waals surface area contributed by atoms with E-state index in [1.165, 1.54) is 12.1 Å². The van der Waals surface area contributed by atoms with Crippen molar-refractivity contribution in [2.24, 2.45) is 0 Å². The van der Waals surface area contributed by atoms with E-state index >= 15 is 0 Å². The Morgan fingerprint density at radius 2 is 0.885 bits per heavy atom. The monoisotopic (exact) mass is 342 g/mol. The molecule has 0 saturated heterocycles. The average molecular weight is 342 g/mol. The van der Waals surface area contributed by atoms with Gasteiger partial charge in [-0.3, -0.25) is 0 Å². The van der Waals surface area contributed by atoms with Crippen molar-refractivity contribution in [3.63, 3.8) is 0 Å². The van der Waals surface area contributed by atoms with Gasteiger partial charge >= 0.3 is 0 Å². The molecule has 128 valence electrons. The molecule has 4 aromatic rings. The zero-order valence-corrected chi connectivity index (χ0v) is 14.6. The highest BCUT2D eigenvalue weighted by molar-refractivity contribution is 5.92. The summed E-state index contributed by atoms with van der Waals surface area (Å²) in [5, 5.41) is 20.4. The third-order valence-electron chi connectivity index (χ3n) is 4.43. The molecule has 4 rings (SSSR count). The van der Waals surface area contributed by atoms with Gasteiger partial charge in [0.1, 0.15) is 22.5 Å². The number of aryl methyl sites for hydroxylation is 2. The van der Waals surface area contributed by atoms with Gasteiger partial charge in [0.15, 0.2) is 0 Å². The second-order valence-electron chi connectivity index (χ2n) is 6.45. The highest BCUT2D eigenvalue weighted by atomic mass is 16.3. The molecular weight excluding hydrogens is 324 g/mol. The summed E-state index contributed by atoms with van der Waals surface area (Å²) in [6.45, 7) is 4.06. The number of hydrogen-bond acceptors (Lipinski definition) is 4. The lowest BCUT2D eigenvalue weighted by Gasteiger charge is -2.12. The zero-order valence-electron chi connectivity index (χ0n) is 14.6. The smallest absolute Gasteiger partial charge is 0.143 e. The van der Waals surface area contributed by atoms with E-state index in [0.717, 1.165) is 22.3 Å². The number of rotatable bonds is 2. The van der Waals surface area contributed by atoms with Gasteiger partial charge in [0.25, 0.3) is 0 Å². The minimum atomic E-state index is -0.00545. The molecule has 2 N–H and O–H groups in total. The lowest BCUT2D eigenvalue weighted by molar-refractivity contribution is 0.467. The van der Waals surface area contributed by atoms with Gasteiger partial charge in [0, 0.05) is 11.1 Å². The topological polar surface area (TPSA) is 66.2 Å². The number of aromatic nitrogens is 2. The van der Waals surface area contributed by atoms with Crippen LogP contribution in [0, 0.1) is 13.8 Å². The molecule has 0 bridgehead atoms. The first kappa shape index (κ1) is 16.1. The summed E-state index contributed by atoms with van der Waals surface area (Å²) < 4.78 is 0. The van der Waals surface area contributed by atoms with Crippen LogP contribution in [0.2, 0.25) is 0 Å². The number of nitrogens with zero attached hydrogens (tertiary/aromatic N) is 2. The number of phenolic OH excluding ortho intramolecular Hbond substituents is 2. The third-order valence-corrected chi connectivity index (χ3v) is 4.43. The van der Waals surface area contributed by atoms with Crippen LogP contribution >= 0.6 is 0 Å². The molecule has 3 aromatic carbocycles. The Labute approximate surface area is 151 Å². The lowest BCUT2D eigenvalue weighted by atomic mass is 10.0. The maximum Gasteiger partial charge on any atom is 0.143 e. The van der Waals surface area contributed by atoms with E-state index in [4.69, 9.17) is 0 Å². The zero-order chi connectivity index (χ0) is 18.3. The van der Waals surface area contributed by atoms with Gasteiger partial charge in [0.05, 0.1) is 11.4 Å². The largest absolute Gasteiger partial charge is 0.506 e. The number of benzene rings is 3. The standard InChI is InChI=1S/C22H18N2O2/c1-13-3-7-15(8-4-13)19-20(16-9-5-14(2)6-10-16)24-22-18(26)12-11-17(25)21(22)23-19/h3-12,25-26H,1-2H3. The van der Waals surface area contributed by atoms with E-state index in [1.54, 1.807) is 0 Å². The van der Waals surface area contributed by atoms with Crippen LogP contribution in [-0.4, -0.2) is 20.2 Å². The molecule has 0 unspecified atom stereocenters. The van der Waals surface area contributed by atoms with E-state index in [0.29, 0.717) is 11.4 Å². The van der Waals surface area contributed by atoms with Gasteiger partial charge in [-0.2, -0.15) is 0 Å². The molecule has 26 heavy (non-hydrogen) atoms. The van der Waals surface area contributed by atoms with Crippen molar-refractivity contribution < 1.29 is 10.2 Å². The van der Waals surface area contributed by atoms with Gasteiger partial charge in [-0.1, -0.05) is 59.7 Å². The molecule has 0 aliphatic carbocycles. The van der Waals surface area contributed by atoms with Gasteiger partial charge in [0.2, 0.25) is 0 Å². The molecule has 0 radical (unpaired) electrons. The molecule has 0 atom stereocenters. The van der Waals surface area contributed by atoms with Crippen LogP contribution in [-0.2, 0) is 0 Å². The fourth-order valence-corrected chi connectivity index (χ4v) is 2.93. The normalized spacial score (nSPS) is 11.0.